The van der Waals surface area contributed by atoms with Gasteiger partial charge < -0.3 is 19.5 Å². The van der Waals surface area contributed by atoms with Crippen LogP contribution in [0.5, 0.6) is 5.75 Å². The molecular formula is C25H27N4O2S+. The van der Waals surface area contributed by atoms with Gasteiger partial charge in [0.2, 0.25) is 0 Å². The smallest absolute Gasteiger partial charge is 0.260 e. The molecule has 0 bridgehead atoms. The Balaban J connectivity index is 1.30. The number of hydrogen-bond donors (Lipinski definition) is 2. The van der Waals surface area contributed by atoms with Gasteiger partial charge >= 0.3 is 0 Å². The second-order valence-electron chi connectivity index (χ2n) is 8.02. The number of H-pyrrole nitrogens is 1. The van der Waals surface area contributed by atoms with Crippen LogP contribution in [0, 0.1) is 0 Å². The summed E-state index contributed by atoms with van der Waals surface area (Å²) in [6.45, 7) is 7.28. The van der Waals surface area contributed by atoms with Crippen molar-refractivity contribution in [3.8, 4) is 16.9 Å². The van der Waals surface area contributed by atoms with Crippen molar-refractivity contribution in [2.45, 2.75) is 13.5 Å². The minimum Gasteiger partial charge on any atom is -0.492 e. The molecule has 32 heavy (non-hydrogen) atoms. The van der Waals surface area contributed by atoms with Crippen molar-refractivity contribution in [1.29, 1.82) is 0 Å². The Kier molecular flexibility index (Phi) is 5.92. The van der Waals surface area contributed by atoms with E-state index in [0.29, 0.717) is 12.0 Å². The van der Waals surface area contributed by atoms with Crippen LogP contribution in [0.2, 0.25) is 0 Å². The number of quaternary nitrogens is 1. The number of anilines is 1. The van der Waals surface area contributed by atoms with Crippen LogP contribution >= 0.6 is 11.3 Å². The number of para-hydroxylation sites is 2. The molecule has 5 rings (SSSR count). The fourth-order valence-electron chi connectivity index (χ4n) is 4.38. The number of nitrogens with zero attached hydrogens (tertiary/aromatic N) is 2. The highest BCUT2D eigenvalue weighted by molar-refractivity contribution is 7.17. The molecule has 1 aliphatic rings. The molecule has 1 aliphatic heterocycles. The first-order valence-electron chi connectivity index (χ1n) is 11.1. The number of fused-ring (bicyclic) bond motifs is 1. The number of benzene rings is 2. The molecule has 164 valence electrons. The summed E-state index contributed by atoms with van der Waals surface area (Å²) < 4.78 is 5.80. The van der Waals surface area contributed by atoms with E-state index in [1.165, 1.54) is 4.90 Å². The molecule has 0 unspecified atom stereocenters. The SMILES string of the molecule is CCOc1ccccc1N1CC[NH+](Cc2nc3scc(-c4ccccc4)c3c(=O)[nH]2)CC1. The molecule has 7 heteroatoms. The summed E-state index contributed by atoms with van der Waals surface area (Å²) in [6, 6.07) is 18.3. The van der Waals surface area contributed by atoms with Crippen molar-refractivity contribution in [2.75, 3.05) is 37.7 Å². The first-order chi connectivity index (χ1) is 15.7. The Morgan fingerprint density at radius 2 is 1.84 bits per heavy atom. The topological polar surface area (TPSA) is 62.7 Å². The molecule has 2 aromatic heterocycles. The number of ether oxygens (including phenoxy) is 1. The Bertz CT molecular complexity index is 1260. The van der Waals surface area contributed by atoms with Gasteiger partial charge in [-0.15, -0.1) is 11.3 Å². The standard InChI is InChI=1S/C25H26N4O2S/c1-2-31-21-11-7-6-10-20(21)29-14-12-28(13-15-29)16-22-26-24(30)23-19(17-32-25(23)27-22)18-8-4-3-5-9-18/h3-11,17H,2,12-16H2,1H3,(H,26,27,30)/p+1. The lowest BCUT2D eigenvalue weighted by Crippen LogP contribution is -3.13. The van der Waals surface area contributed by atoms with Crippen molar-refractivity contribution in [3.63, 3.8) is 0 Å². The molecule has 0 amide bonds. The van der Waals surface area contributed by atoms with Crippen LogP contribution in [0.1, 0.15) is 12.7 Å². The molecule has 4 aromatic rings. The van der Waals surface area contributed by atoms with E-state index in [0.717, 1.165) is 65.9 Å². The highest BCUT2D eigenvalue weighted by Gasteiger charge is 2.23. The quantitative estimate of drug-likeness (QED) is 0.477. The summed E-state index contributed by atoms with van der Waals surface area (Å²) in [6.07, 6.45) is 0. The molecule has 0 saturated carbocycles. The van der Waals surface area contributed by atoms with Crippen molar-refractivity contribution < 1.29 is 9.64 Å². The second-order valence-corrected chi connectivity index (χ2v) is 8.88. The van der Waals surface area contributed by atoms with Crippen molar-refractivity contribution in [1.82, 2.24) is 9.97 Å². The average Bonchev–Trinajstić information content (AvgIpc) is 3.26. The zero-order valence-corrected chi connectivity index (χ0v) is 19.0. The van der Waals surface area contributed by atoms with Gasteiger partial charge in [-0.2, -0.15) is 0 Å². The van der Waals surface area contributed by atoms with Crippen LogP contribution in [0.15, 0.2) is 64.8 Å². The molecule has 1 fully saturated rings. The number of nitrogens with one attached hydrogen (secondary N) is 2. The largest absolute Gasteiger partial charge is 0.492 e. The van der Waals surface area contributed by atoms with Gasteiger partial charge in [0.1, 0.15) is 17.1 Å². The van der Waals surface area contributed by atoms with Gasteiger partial charge in [-0.3, -0.25) is 4.79 Å². The highest BCUT2D eigenvalue weighted by Crippen LogP contribution is 2.30. The Morgan fingerprint density at radius 3 is 2.62 bits per heavy atom. The number of aromatic nitrogens is 2. The van der Waals surface area contributed by atoms with E-state index in [-0.39, 0.29) is 5.56 Å². The lowest BCUT2D eigenvalue weighted by atomic mass is 10.1. The van der Waals surface area contributed by atoms with E-state index in [2.05, 4.69) is 22.0 Å². The summed E-state index contributed by atoms with van der Waals surface area (Å²) in [7, 11) is 0. The monoisotopic (exact) mass is 447 g/mol. The molecule has 2 N–H and O–H groups in total. The molecule has 0 atom stereocenters. The predicted octanol–water partition coefficient (Wildman–Crippen LogP) is 2.96. The second kappa shape index (κ2) is 9.14. The maximum absolute atomic E-state index is 12.9. The molecule has 1 saturated heterocycles. The van der Waals surface area contributed by atoms with E-state index in [4.69, 9.17) is 9.72 Å². The number of piperazine rings is 1. The minimum absolute atomic E-state index is 0.0474. The van der Waals surface area contributed by atoms with E-state index < -0.39 is 0 Å². The first-order valence-corrected chi connectivity index (χ1v) is 12.0. The normalized spacial score (nSPS) is 14.7. The molecule has 2 aromatic carbocycles. The Morgan fingerprint density at radius 1 is 1.09 bits per heavy atom. The lowest BCUT2D eigenvalue weighted by Gasteiger charge is -2.34. The summed E-state index contributed by atoms with van der Waals surface area (Å²) >= 11 is 1.54. The summed E-state index contributed by atoms with van der Waals surface area (Å²) in [5.74, 6) is 1.71. The fraction of sp³-hybridized carbons (Fsp3) is 0.280. The maximum Gasteiger partial charge on any atom is 0.260 e. The third-order valence-corrected chi connectivity index (χ3v) is 6.84. The highest BCUT2D eigenvalue weighted by atomic mass is 32.1. The summed E-state index contributed by atoms with van der Waals surface area (Å²) in [5.41, 5.74) is 3.12. The van der Waals surface area contributed by atoms with Gasteiger partial charge in [0.05, 0.1) is 43.9 Å². The molecule has 0 spiro atoms. The fourth-order valence-corrected chi connectivity index (χ4v) is 5.35. The van der Waals surface area contributed by atoms with Crippen LogP contribution in [0.4, 0.5) is 5.69 Å². The van der Waals surface area contributed by atoms with Crippen LogP contribution in [0.3, 0.4) is 0 Å². The van der Waals surface area contributed by atoms with Crippen LogP contribution in [0.25, 0.3) is 21.3 Å². The number of hydrogen-bond acceptors (Lipinski definition) is 5. The molecular weight excluding hydrogens is 420 g/mol. The molecule has 3 heterocycles. The minimum atomic E-state index is -0.0474. The zero-order valence-electron chi connectivity index (χ0n) is 18.1. The van der Waals surface area contributed by atoms with Gasteiger partial charge in [0.15, 0.2) is 5.82 Å². The van der Waals surface area contributed by atoms with E-state index in [9.17, 15) is 4.79 Å². The predicted molar refractivity (Wildman–Crippen MR) is 130 cm³/mol. The molecule has 0 aliphatic carbocycles. The molecule has 6 nitrogen and oxygen atoms in total. The van der Waals surface area contributed by atoms with Gasteiger partial charge in [-0.25, -0.2) is 4.98 Å². The van der Waals surface area contributed by atoms with Crippen molar-refractivity contribution in [2.24, 2.45) is 0 Å². The van der Waals surface area contributed by atoms with E-state index in [1.807, 2.05) is 54.8 Å². The maximum atomic E-state index is 12.9. The number of rotatable bonds is 6. The number of aromatic amines is 1. The first kappa shape index (κ1) is 20.7. The zero-order chi connectivity index (χ0) is 21.9. The molecule has 0 radical (unpaired) electrons. The van der Waals surface area contributed by atoms with Crippen molar-refractivity contribution >= 4 is 27.2 Å². The Hall–Kier alpha value is -3.16. The van der Waals surface area contributed by atoms with Crippen molar-refractivity contribution in [3.05, 3.63) is 76.2 Å². The van der Waals surface area contributed by atoms with Gasteiger partial charge in [-0.1, -0.05) is 42.5 Å². The number of thiophene rings is 1. The summed E-state index contributed by atoms with van der Waals surface area (Å²) in [4.78, 5) is 25.4. The Labute approximate surface area is 191 Å². The third-order valence-electron chi connectivity index (χ3n) is 5.97. The van der Waals surface area contributed by atoms with Gasteiger partial charge in [0.25, 0.3) is 5.56 Å². The van der Waals surface area contributed by atoms with E-state index >= 15 is 0 Å². The lowest BCUT2D eigenvalue weighted by molar-refractivity contribution is -0.915. The third kappa shape index (κ3) is 4.13. The van der Waals surface area contributed by atoms with Crippen LogP contribution < -0.4 is 20.1 Å². The van der Waals surface area contributed by atoms with Crippen LogP contribution in [-0.2, 0) is 6.54 Å². The van der Waals surface area contributed by atoms with Crippen LogP contribution in [-0.4, -0.2) is 42.8 Å². The van der Waals surface area contributed by atoms with Gasteiger partial charge in [0, 0.05) is 10.9 Å². The summed E-state index contributed by atoms with van der Waals surface area (Å²) in [5, 5.41) is 2.73. The van der Waals surface area contributed by atoms with Gasteiger partial charge in [-0.05, 0) is 24.6 Å². The average molecular weight is 448 g/mol. The van der Waals surface area contributed by atoms with E-state index in [1.54, 1.807) is 11.3 Å².